The zero-order valence-corrected chi connectivity index (χ0v) is 12.3. The second-order valence-corrected chi connectivity index (χ2v) is 5.24. The molecule has 0 spiro atoms. The summed E-state index contributed by atoms with van der Waals surface area (Å²) in [6.07, 6.45) is 4.07. The van der Waals surface area contributed by atoms with Gasteiger partial charge in [0.1, 0.15) is 11.6 Å². The Morgan fingerprint density at radius 3 is 2.73 bits per heavy atom. The van der Waals surface area contributed by atoms with E-state index in [9.17, 15) is 14.9 Å². The summed E-state index contributed by atoms with van der Waals surface area (Å²) in [7, 11) is 0. The summed E-state index contributed by atoms with van der Waals surface area (Å²) in [4.78, 5) is 23.5. The molecule has 1 aromatic carbocycles. The number of carbonyl (C=O) groups excluding carboxylic acids is 1. The second-order valence-electron chi connectivity index (χ2n) is 5.24. The predicted molar refractivity (Wildman–Crippen MR) is 79.2 cm³/mol. The lowest BCUT2D eigenvalue weighted by atomic mass is 10.1. The van der Waals surface area contributed by atoms with E-state index in [1.54, 1.807) is 6.07 Å². The average Bonchev–Trinajstić information content (AvgIpc) is 3.01. The maximum atomic E-state index is 11.1. The van der Waals surface area contributed by atoms with E-state index in [1.807, 2.05) is 11.0 Å². The van der Waals surface area contributed by atoms with Crippen LogP contribution in [-0.2, 0) is 9.53 Å². The third-order valence-corrected chi connectivity index (χ3v) is 3.80. The Balaban J connectivity index is 2.33. The van der Waals surface area contributed by atoms with Gasteiger partial charge in [-0.1, -0.05) is 12.8 Å². The fraction of sp³-hybridized carbons (Fsp3) is 0.467. The molecule has 1 aromatic rings. The van der Waals surface area contributed by atoms with E-state index in [0.717, 1.165) is 25.7 Å². The maximum absolute atomic E-state index is 11.1. The first-order valence-electron chi connectivity index (χ1n) is 7.11. The highest BCUT2D eigenvalue weighted by Crippen LogP contribution is 2.31. The summed E-state index contributed by atoms with van der Waals surface area (Å²) in [5.41, 5.74) is 0.386. The van der Waals surface area contributed by atoms with Crippen molar-refractivity contribution < 1.29 is 14.5 Å². The number of ether oxygens (including phenoxy) is 1. The molecule has 2 rings (SSSR count). The van der Waals surface area contributed by atoms with Gasteiger partial charge in [-0.05, 0) is 25.0 Å². The van der Waals surface area contributed by atoms with Gasteiger partial charge in [0.2, 0.25) is 0 Å². The number of hydrogen-bond donors (Lipinski definition) is 0. The van der Waals surface area contributed by atoms with Crippen molar-refractivity contribution in [3.05, 3.63) is 33.9 Å². The molecule has 0 amide bonds. The SMILES string of the molecule is CC(=O)OCN(c1ccc(C#N)c([N+](=O)[O-])c1)C1CCCC1. The first-order valence-corrected chi connectivity index (χ1v) is 7.11. The molecule has 0 heterocycles. The number of carbonyl (C=O) groups is 1. The van der Waals surface area contributed by atoms with Gasteiger partial charge in [0.05, 0.1) is 4.92 Å². The van der Waals surface area contributed by atoms with Gasteiger partial charge >= 0.3 is 5.97 Å². The molecule has 7 nitrogen and oxygen atoms in total. The Morgan fingerprint density at radius 2 is 2.18 bits per heavy atom. The normalized spacial score (nSPS) is 14.4. The van der Waals surface area contributed by atoms with Crippen LogP contribution in [0.2, 0.25) is 0 Å². The van der Waals surface area contributed by atoms with Crippen LogP contribution in [0.15, 0.2) is 18.2 Å². The Labute approximate surface area is 128 Å². The van der Waals surface area contributed by atoms with E-state index in [0.29, 0.717) is 5.69 Å². The van der Waals surface area contributed by atoms with Gasteiger partial charge < -0.3 is 9.64 Å². The van der Waals surface area contributed by atoms with Gasteiger partial charge in [-0.3, -0.25) is 14.9 Å². The first-order chi connectivity index (χ1) is 10.5. The number of hydrogen-bond acceptors (Lipinski definition) is 6. The highest BCUT2D eigenvalue weighted by atomic mass is 16.6. The van der Waals surface area contributed by atoms with E-state index in [-0.39, 0.29) is 24.0 Å². The molecule has 0 saturated heterocycles. The molecule has 22 heavy (non-hydrogen) atoms. The molecule has 0 aromatic heterocycles. The van der Waals surface area contributed by atoms with Gasteiger partial charge in [-0.25, -0.2) is 0 Å². The minimum Gasteiger partial charge on any atom is -0.444 e. The molecular weight excluding hydrogens is 286 g/mol. The summed E-state index contributed by atoms with van der Waals surface area (Å²) in [5, 5.41) is 20.0. The largest absolute Gasteiger partial charge is 0.444 e. The van der Waals surface area contributed by atoms with Gasteiger partial charge in [-0.15, -0.1) is 0 Å². The molecule has 1 saturated carbocycles. The van der Waals surface area contributed by atoms with Crippen molar-refractivity contribution in [2.24, 2.45) is 0 Å². The molecule has 116 valence electrons. The maximum Gasteiger partial charge on any atom is 0.304 e. The van der Waals surface area contributed by atoms with Crippen molar-refractivity contribution in [3.63, 3.8) is 0 Å². The van der Waals surface area contributed by atoms with Gasteiger partial charge in [0, 0.05) is 24.7 Å². The Kier molecular flexibility index (Phi) is 4.94. The molecule has 0 atom stereocenters. The third-order valence-electron chi connectivity index (χ3n) is 3.80. The summed E-state index contributed by atoms with van der Waals surface area (Å²) < 4.78 is 5.08. The number of nitriles is 1. The topological polar surface area (TPSA) is 96.5 Å². The minimum absolute atomic E-state index is 0.0209. The lowest BCUT2D eigenvalue weighted by Crippen LogP contribution is -2.36. The summed E-state index contributed by atoms with van der Waals surface area (Å²) >= 11 is 0. The lowest BCUT2D eigenvalue weighted by molar-refractivity contribution is -0.385. The number of rotatable bonds is 5. The molecule has 1 fully saturated rings. The fourth-order valence-electron chi connectivity index (χ4n) is 2.71. The zero-order chi connectivity index (χ0) is 16.1. The monoisotopic (exact) mass is 303 g/mol. The van der Waals surface area contributed by atoms with Crippen molar-refractivity contribution in [2.45, 2.75) is 38.6 Å². The van der Waals surface area contributed by atoms with Crippen molar-refractivity contribution >= 4 is 17.3 Å². The van der Waals surface area contributed by atoms with Crippen LogP contribution in [0, 0.1) is 21.4 Å². The number of benzene rings is 1. The van der Waals surface area contributed by atoms with Crippen LogP contribution in [0.5, 0.6) is 0 Å². The standard InChI is InChI=1S/C15H17N3O4/c1-11(19)22-10-17(13-4-2-3-5-13)14-7-6-12(9-16)15(8-14)18(20)21/h6-8,13H,2-5,10H2,1H3. The number of esters is 1. The molecule has 0 bridgehead atoms. The predicted octanol–water partition coefficient (Wildman–Crippen LogP) is 2.74. The summed E-state index contributed by atoms with van der Waals surface area (Å²) in [6.45, 7) is 1.39. The Morgan fingerprint density at radius 1 is 1.50 bits per heavy atom. The second kappa shape index (κ2) is 6.89. The van der Waals surface area contributed by atoms with Crippen molar-refractivity contribution in [2.75, 3.05) is 11.6 Å². The Hall–Kier alpha value is -2.62. The van der Waals surface area contributed by atoms with Crippen LogP contribution < -0.4 is 4.90 Å². The van der Waals surface area contributed by atoms with E-state index in [2.05, 4.69) is 0 Å². The number of nitrogens with zero attached hydrogens (tertiary/aromatic N) is 3. The fourth-order valence-corrected chi connectivity index (χ4v) is 2.71. The quantitative estimate of drug-likeness (QED) is 0.359. The first kappa shape index (κ1) is 15.8. The van der Waals surface area contributed by atoms with Crippen LogP contribution in [0.1, 0.15) is 38.2 Å². The molecule has 0 N–H and O–H groups in total. The minimum atomic E-state index is -0.569. The van der Waals surface area contributed by atoms with Crippen LogP contribution in [-0.4, -0.2) is 23.7 Å². The molecule has 1 aliphatic rings. The highest BCUT2D eigenvalue weighted by Gasteiger charge is 2.26. The van der Waals surface area contributed by atoms with E-state index < -0.39 is 10.9 Å². The molecule has 1 aliphatic carbocycles. The molecular formula is C15H17N3O4. The van der Waals surface area contributed by atoms with Gasteiger partial charge in [0.25, 0.3) is 5.69 Å². The van der Waals surface area contributed by atoms with Crippen molar-refractivity contribution in [3.8, 4) is 6.07 Å². The number of nitro benzene ring substituents is 1. The van der Waals surface area contributed by atoms with E-state index >= 15 is 0 Å². The third kappa shape index (κ3) is 3.52. The molecule has 0 unspecified atom stereocenters. The number of anilines is 1. The summed E-state index contributed by atoms with van der Waals surface area (Å²) in [5.74, 6) is -0.397. The zero-order valence-electron chi connectivity index (χ0n) is 12.3. The molecule has 0 radical (unpaired) electrons. The lowest BCUT2D eigenvalue weighted by Gasteiger charge is -2.30. The molecule has 0 aliphatic heterocycles. The summed E-state index contributed by atoms with van der Waals surface area (Å²) in [6, 6.07) is 6.47. The smallest absolute Gasteiger partial charge is 0.304 e. The van der Waals surface area contributed by atoms with E-state index in [1.165, 1.54) is 19.1 Å². The van der Waals surface area contributed by atoms with Crippen molar-refractivity contribution in [1.29, 1.82) is 5.26 Å². The van der Waals surface area contributed by atoms with Crippen LogP contribution in [0.25, 0.3) is 0 Å². The Bertz CT molecular complexity index is 618. The number of nitro groups is 1. The van der Waals surface area contributed by atoms with Gasteiger partial charge in [0.15, 0.2) is 6.73 Å². The average molecular weight is 303 g/mol. The molecule has 7 heteroatoms. The van der Waals surface area contributed by atoms with Crippen LogP contribution in [0.4, 0.5) is 11.4 Å². The van der Waals surface area contributed by atoms with Crippen molar-refractivity contribution in [1.82, 2.24) is 0 Å². The van der Waals surface area contributed by atoms with Crippen LogP contribution >= 0.6 is 0 Å². The van der Waals surface area contributed by atoms with E-state index in [4.69, 9.17) is 10.00 Å². The van der Waals surface area contributed by atoms with Gasteiger partial charge in [-0.2, -0.15) is 5.26 Å². The highest BCUT2D eigenvalue weighted by molar-refractivity contribution is 5.66. The van der Waals surface area contributed by atoms with Crippen LogP contribution in [0.3, 0.4) is 0 Å².